The summed E-state index contributed by atoms with van der Waals surface area (Å²) in [6.07, 6.45) is -3.35. The van der Waals surface area contributed by atoms with E-state index in [1.165, 1.54) is 16.1 Å². The van der Waals surface area contributed by atoms with Crippen molar-refractivity contribution in [3.8, 4) is 0 Å². The van der Waals surface area contributed by atoms with Crippen molar-refractivity contribution < 1.29 is 21.6 Å². The molecule has 0 aromatic heterocycles. The van der Waals surface area contributed by atoms with Gasteiger partial charge < -0.3 is 5.73 Å². The molecule has 1 heterocycles. The number of sulfonamides is 1. The van der Waals surface area contributed by atoms with Crippen LogP contribution in [0.1, 0.15) is 6.92 Å². The Morgan fingerprint density at radius 2 is 1.61 bits per heavy atom. The highest BCUT2D eigenvalue weighted by atomic mass is 32.2. The van der Waals surface area contributed by atoms with Crippen LogP contribution in [0.2, 0.25) is 0 Å². The Bertz CT molecular complexity index is 375. The summed E-state index contributed by atoms with van der Waals surface area (Å²) in [6.45, 7) is 1.52. The van der Waals surface area contributed by atoms with E-state index < -0.39 is 28.3 Å². The average molecular weight is 289 g/mol. The fourth-order valence-electron chi connectivity index (χ4n) is 2.15. The molecule has 0 amide bonds. The third-order valence-electron chi connectivity index (χ3n) is 2.97. The van der Waals surface area contributed by atoms with Crippen molar-refractivity contribution in [1.29, 1.82) is 0 Å². The van der Waals surface area contributed by atoms with E-state index >= 15 is 0 Å². The average Bonchev–Trinajstić information content (AvgIpc) is 2.13. The molecule has 9 heteroatoms. The minimum absolute atomic E-state index is 0.0405. The van der Waals surface area contributed by atoms with Crippen molar-refractivity contribution in [3.05, 3.63) is 0 Å². The first kappa shape index (κ1) is 15.7. The Kier molecular flexibility index (Phi) is 4.63. The van der Waals surface area contributed by atoms with Gasteiger partial charge in [0.25, 0.3) is 0 Å². The van der Waals surface area contributed by atoms with Crippen molar-refractivity contribution in [2.24, 2.45) is 5.73 Å². The summed E-state index contributed by atoms with van der Waals surface area (Å²) in [5.74, 6) is 0. The maximum atomic E-state index is 12.8. The molecule has 2 N–H and O–H groups in total. The zero-order valence-electron chi connectivity index (χ0n) is 10.3. The van der Waals surface area contributed by atoms with Gasteiger partial charge in [-0.25, -0.2) is 8.42 Å². The Hall–Kier alpha value is -0.380. The highest BCUT2D eigenvalue weighted by Crippen LogP contribution is 2.27. The molecule has 2 unspecified atom stereocenters. The second-order valence-corrected chi connectivity index (χ2v) is 6.53. The van der Waals surface area contributed by atoms with Crippen molar-refractivity contribution >= 4 is 10.0 Å². The third-order valence-corrected chi connectivity index (χ3v) is 4.27. The first-order chi connectivity index (χ1) is 8.03. The molecular weight excluding hydrogens is 271 g/mol. The molecule has 0 aliphatic carbocycles. The summed E-state index contributed by atoms with van der Waals surface area (Å²) < 4.78 is 62.2. The quantitative estimate of drug-likeness (QED) is 0.784. The van der Waals surface area contributed by atoms with Crippen LogP contribution in [-0.2, 0) is 10.0 Å². The van der Waals surface area contributed by atoms with Crippen LogP contribution in [0.4, 0.5) is 13.2 Å². The molecule has 1 rings (SSSR count). The molecule has 1 aliphatic rings. The van der Waals surface area contributed by atoms with Crippen LogP contribution >= 0.6 is 0 Å². The first-order valence-electron chi connectivity index (χ1n) is 5.55. The van der Waals surface area contributed by atoms with E-state index in [9.17, 15) is 21.6 Å². The van der Waals surface area contributed by atoms with Crippen LogP contribution in [-0.4, -0.2) is 68.3 Å². The summed E-state index contributed by atoms with van der Waals surface area (Å²) in [5, 5.41) is 0. The van der Waals surface area contributed by atoms with E-state index in [0.717, 1.165) is 6.26 Å². The highest BCUT2D eigenvalue weighted by Gasteiger charge is 2.46. The van der Waals surface area contributed by atoms with E-state index in [1.807, 2.05) is 0 Å². The molecule has 0 bridgehead atoms. The van der Waals surface area contributed by atoms with Gasteiger partial charge in [-0.05, 0) is 6.92 Å². The van der Waals surface area contributed by atoms with Gasteiger partial charge in [-0.1, -0.05) is 0 Å². The van der Waals surface area contributed by atoms with Gasteiger partial charge in [-0.3, -0.25) is 4.90 Å². The number of piperazine rings is 1. The molecular formula is C9H18F3N3O2S. The van der Waals surface area contributed by atoms with E-state index in [2.05, 4.69) is 0 Å². The lowest BCUT2D eigenvalue weighted by Gasteiger charge is -2.40. The number of alkyl halides is 3. The Balaban J connectivity index is 2.72. The number of rotatable bonds is 3. The molecule has 0 aromatic rings. The van der Waals surface area contributed by atoms with Crippen molar-refractivity contribution in [2.75, 3.05) is 32.4 Å². The van der Waals surface area contributed by atoms with E-state index in [4.69, 9.17) is 5.73 Å². The predicted molar refractivity (Wildman–Crippen MR) is 61.5 cm³/mol. The van der Waals surface area contributed by atoms with Crippen molar-refractivity contribution in [1.82, 2.24) is 9.21 Å². The Morgan fingerprint density at radius 3 is 1.89 bits per heavy atom. The van der Waals surface area contributed by atoms with E-state index in [1.54, 1.807) is 0 Å². The molecule has 0 aromatic carbocycles. The van der Waals surface area contributed by atoms with Crippen molar-refractivity contribution in [3.63, 3.8) is 0 Å². The fourth-order valence-corrected chi connectivity index (χ4v) is 2.98. The molecule has 1 aliphatic heterocycles. The second-order valence-electron chi connectivity index (χ2n) is 4.54. The van der Waals surface area contributed by atoms with Gasteiger partial charge >= 0.3 is 6.18 Å². The maximum Gasteiger partial charge on any atom is 0.405 e. The van der Waals surface area contributed by atoms with Gasteiger partial charge in [-0.2, -0.15) is 17.5 Å². The number of nitrogens with two attached hydrogens (primary N) is 1. The third kappa shape index (κ3) is 3.81. The second kappa shape index (κ2) is 5.32. The fraction of sp³-hybridized carbons (Fsp3) is 1.00. The lowest BCUT2D eigenvalue weighted by atomic mass is 10.1. The van der Waals surface area contributed by atoms with Crippen LogP contribution in [0.25, 0.3) is 0 Å². The SMILES string of the molecule is CC(N)C(N1CCN(S(C)(=O)=O)CC1)C(F)(F)F. The zero-order chi connectivity index (χ0) is 14.1. The normalized spacial score (nSPS) is 23.9. The van der Waals surface area contributed by atoms with Crippen LogP contribution in [0, 0.1) is 0 Å². The summed E-state index contributed by atoms with van der Waals surface area (Å²) >= 11 is 0. The maximum absolute atomic E-state index is 12.8. The largest absolute Gasteiger partial charge is 0.405 e. The Labute approximate surface area is 105 Å². The molecule has 0 saturated carbocycles. The summed E-state index contributed by atoms with van der Waals surface area (Å²) in [7, 11) is -3.34. The number of halogens is 3. The number of hydrogen-bond donors (Lipinski definition) is 1. The van der Waals surface area contributed by atoms with Crippen molar-refractivity contribution in [2.45, 2.75) is 25.2 Å². The van der Waals surface area contributed by atoms with Gasteiger partial charge in [-0.15, -0.1) is 0 Å². The van der Waals surface area contributed by atoms with Gasteiger partial charge in [0, 0.05) is 32.2 Å². The van der Waals surface area contributed by atoms with Crippen LogP contribution in [0.3, 0.4) is 0 Å². The van der Waals surface area contributed by atoms with Crippen LogP contribution in [0.15, 0.2) is 0 Å². The smallest absolute Gasteiger partial charge is 0.326 e. The molecule has 18 heavy (non-hydrogen) atoms. The molecule has 108 valence electrons. The molecule has 5 nitrogen and oxygen atoms in total. The summed E-state index contributed by atoms with van der Waals surface area (Å²) in [4.78, 5) is 1.20. The Morgan fingerprint density at radius 1 is 1.17 bits per heavy atom. The zero-order valence-corrected chi connectivity index (χ0v) is 11.1. The summed E-state index contributed by atoms with van der Waals surface area (Å²) in [5.41, 5.74) is 5.38. The van der Waals surface area contributed by atoms with Crippen LogP contribution in [0.5, 0.6) is 0 Å². The van der Waals surface area contributed by atoms with Gasteiger partial charge in [0.2, 0.25) is 10.0 Å². The number of nitrogens with zero attached hydrogens (tertiary/aromatic N) is 2. The first-order valence-corrected chi connectivity index (χ1v) is 7.40. The summed E-state index contributed by atoms with van der Waals surface area (Å²) in [6, 6.07) is -2.77. The monoisotopic (exact) mass is 289 g/mol. The van der Waals surface area contributed by atoms with Gasteiger partial charge in [0.15, 0.2) is 0 Å². The van der Waals surface area contributed by atoms with Gasteiger partial charge in [0.1, 0.15) is 6.04 Å². The van der Waals surface area contributed by atoms with Gasteiger partial charge in [0.05, 0.1) is 6.26 Å². The highest BCUT2D eigenvalue weighted by molar-refractivity contribution is 7.88. The molecule has 0 spiro atoms. The van der Waals surface area contributed by atoms with E-state index in [0.29, 0.717) is 0 Å². The lowest BCUT2D eigenvalue weighted by Crippen LogP contribution is -2.60. The minimum atomic E-state index is -4.40. The number of hydrogen-bond acceptors (Lipinski definition) is 4. The molecule has 1 saturated heterocycles. The van der Waals surface area contributed by atoms with Crippen LogP contribution < -0.4 is 5.73 Å². The van der Waals surface area contributed by atoms with E-state index in [-0.39, 0.29) is 26.2 Å². The molecule has 0 radical (unpaired) electrons. The topological polar surface area (TPSA) is 66.6 Å². The molecule has 1 fully saturated rings. The lowest BCUT2D eigenvalue weighted by molar-refractivity contribution is -0.190. The minimum Gasteiger partial charge on any atom is -0.326 e. The predicted octanol–water partition coefficient (Wildman–Crippen LogP) is -0.158. The molecule has 2 atom stereocenters. The standard InChI is InChI=1S/C9H18F3N3O2S/c1-7(13)8(9(10,11)12)14-3-5-15(6-4-14)18(2,16)17/h7-8H,3-6,13H2,1-2H3.